The normalized spacial score (nSPS) is 17.1. The highest BCUT2D eigenvalue weighted by Crippen LogP contribution is 2.29. The molecule has 4 rings (SSSR count). The molecule has 0 saturated heterocycles. The molecule has 0 radical (unpaired) electrons. The first-order chi connectivity index (χ1) is 11.8. The van der Waals surface area contributed by atoms with E-state index in [2.05, 4.69) is 33.9 Å². The second-order valence-corrected chi connectivity index (χ2v) is 5.92. The molecule has 3 heterocycles. The number of nitrogens with zero attached hydrogens (tertiary/aromatic N) is 2. The van der Waals surface area contributed by atoms with Gasteiger partial charge in [0.2, 0.25) is 0 Å². The third-order valence-electron chi connectivity index (χ3n) is 4.44. The Balaban J connectivity index is 1.73. The Kier molecular flexibility index (Phi) is 3.69. The number of rotatable bonds is 3. The van der Waals surface area contributed by atoms with Crippen molar-refractivity contribution in [2.75, 3.05) is 6.54 Å². The summed E-state index contributed by atoms with van der Waals surface area (Å²) in [4.78, 5) is 16.8. The van der Waals surface area contributed by atoms with E-state index in [4.69, 9.17) is 4.74 Å². The quantitative estimate of drug-likeness (QED) is 0.753. The number of hydrogen-bond donors (Lipinski definition) is 1. The number of carbonyl (C=O) groups is 1. The summed E-state index contributed by atoms with van der Waals surface area (Å²) in [7, 11) is 0. The molecule has 1 aliphatic rings. The molecule has 1 atom stereocenters. The van der Waals surface area contributed by atoms with Crippen LogP contribution in [0.3, 0.4) is 0 Å². The fourth-order valence-electron chi connectivity index (χ4n) is 3.29. The lowest BCUT2D eigenvalue weighted by atomic mass is 10.1. The third-order valence-corrected chi connectivity index (χ3v) is 4.44. The Morgan fingerprint density at radius 3 is 3.00 bits per heavy atom. The standard InChI is InChI=1S/C19H19N3O2/c1-2-22-17-8-4-3-7-14(17)15-10-16(21-12-18(15)22)19(23)24-13-6-5-9-20-11-13/h3-5,7-10,12-13,20H,2,6,11H2,1H3. The number of ether oxygens (including phenoxy) is 1. The number of hydrogen-bond acceptors (Lipinski definition) is 4. The van der Waals surface area contributed by atoms with Crippen molar-refractivity contribution in [3.05, 3.63) is 54.5 Å². The number of nitrogens with one attached hydrogen (secondary N) is 1. The van der Waals surface area contributed by atoms with Crippen LogP contribution in [0.15, 0.2) is 48.8 Å². The van der Waals surface area contributed by atoms with Gasteiger partial charge < -0.3 is 14.6 Å². The largest absolute Gasteiger partial charge is 0.455 e. The highest BCUT2D eigenvalue weighted by molar-refractivity contribution is 6.09. The number of esters is 1. The fraction of sp³-hybridized carbons (Fsp3) is 0.263. The van der Waals surface area contributed by atoms with Gasteiger partial charge in [0, 0.05) is 29.3 Å². The Bertz CT molecular complexity index is 942. The smallest absolute Gasteiger partial charge is 0.357 e. The number of fused-ring (bicyclic) bond motifs is 3. The van der Waals surface area contributed by atoms with Gasteiger partial charge in [-0.3, -0.25) is 0 Å². The zero-order valence-electron chi connectivity index (χ0n) is 13.5. The minimum atomic E-state index is -0.368. The first-order valence-electron chi connectivity index (χ1n) is 8.24. The van der Waals surface area contributed by atoms with E-state index < -0.39 is 0 Å². The highest BCUT2D eigenvalue weighted by atomic mass is 16.5. The summed E-state index contributed by atoms with van der Waals surface area (Å²) in [6.45, 7) is 3.60. The molecular formula is C19H19N3O2. The summed E-state index contributed by atoms with van der Waals surface area (Å²) < 4.78 is 7.76. The van der Waals surface area contributed by atoms with Crippen molar-refractivity contribution >= 4 is 27.8 Å². The van der Waals surface area contributed by atoms with Crippen molar-refractivity contribution in [3.63, 3.8) is 0 Å². The summed E-state index contributed by atoms with van der Waals surface area (Å²) in [6, 6.07) is 10.1. The predicted octanol–water partition coefficient (Wildman–Crippen LogP) is 3.24. The van der Waals surface area contributed by atoms with Crippen LogP contribution in [0.25, 0.3) is 21.8 Å². The topological polar surface area (TPSA) is 56.1 Å². The molecule has 5 nitrogen and oxygen atoms in total. The zero-order valence-corrected chi connectivity index (χ0v) is 13.5. The molecule has 2 aromatic heterocycles. The number of pyridine rings is 1. The van der Waals surface area contributed by atoms with E-state index in [9.17, 15) is 4.79 Å². The van der Waals surface area contributed by atoms with Crippen LogP contribution in [0.5, 0.6) is 0 Å². The van der Waals surface area contributed by atoms with Crippen molar-refractivity contribution in [1.29, 1.82) is 0 Å². The van der Waals surface area contributed by atoms with E-state index >= 15 is 0 Å². The lowest BCUT2D eigenvalue weighted by Gasteiger charge is -2.19. The maximum Gasteiger partial charge on any atom is 0.357 e. The number of carbonyl (C=O) groups excluding carboxylic acids is 1. The zero-order chi connectivity index (χ0) is 16.5. The van der Waals surface area contributed by atoms with E-state index in [0.717, 1.165) is 34.8 Å². The van der Waals surface area contributed by atoms with Crippen LogP contribution in [0.2, 0.25) is 0 Å². The Hall–Kier alpha value is -2.82. The first-order valence-corrected chi connectivity index (χ1v) is 8.24. The summed E-state index contributed by atoms with van der Waals surface area (Å²) in [5.74, 6) is -0.368. The fourth-order valence-corrected chi connectivity index (χ4v) is 3.29. The lowest BCUT2D eigenvalue weighted by molar-refractivity contribution is 0.0300. The monoisotopic (exact) mass is 321 g/mol. The van der Waals surface area contributed by atoms with Crippen molar-refractivity contribution in [2.45, 2.75) is 26.0 Å². The molecule has 0 bridgehead atoms. The maximum atomic E-state index is 12.4. The molecule has 0 saturated carbocycles. The molecular weight excluding hydrogens is 302 g/mol. The molecule has 0 fully saturated rings. The van der Waals surface area contributed by atoms with Gasteiger partial charge in [0.1, 0.15) is 11.8 Å². The minimum Gasteiger partial charge on any atom is -0.455 e. The average molecular weight is 321 g/mol. The van der Waals surface area contributed by atoms with Gasteiger partial charge in [-0.05, 0) is 25.3 Å². The molecule has 24 heavy (non-hydrogen) atoms. The molecule has 0 spiro atoms. The Morgan fingerprint density at radius 2 is 2.21 bits per heavy atom. The Labute approximate surface area is 139 Å². The SMILES string of the molecule is CCn1c2ccccc2c2cc(C(=O)OC3CC=CNC3)ncc21. The van der Waals surface area contributed by atoms with Gasteiger partial charge in [-0.1, -0.05) is 24.3 Å². The van der Waals surface area contributed by atoms with Crippen LogP contribution < -0.4 is 5.32 Å². The molecule has 1 aliphatic heterocycles. The van der Waals surface area contributed by atoms with E-state index in [0.29, 0.717) is 12.2 Å². The predicted molar refractivity (Wildman–Crippen MR) is 93.9 cm³/mol. The average Bonchev–Trinajstić information content (AvgIpc) is 2.95. The lowest BCUT2D eigenvalue weighted by Crippen LogP contribution is -2.31. The van der Waals surface area contributed by atoms with Gasteiger partial charge in [0.15, 0.2) is 0 Å². The van der Waals surface area contributed by atoms with Crippen LogP contribution in [0.4, 0.5) is 0 Å². The molecule has 1 N–H and O–H groups in total. The van der Waals surface area contributed by atoms with Crippen molar-refractivity contribution in [3.8, 4) is 0 Å². The molecule has 3 aromatic rings. The number of aromatic nitrogens is 2. The van der Waals surface area contributed by atoms with Gasteiger partial charge >= 0.3 is 5.97 Å². The van der Waals surface area contributed by atoms with E-state index in [1.807, 2.05) is 30.5 Å². The molecule has 0 aliphatic carbocycles. The van der Waals surface area contributed by atoms with E-state index in [-0.39, 0.29) is 12.1 Å². The highest BCUT2D eigenvalue weighted by Gasteiger charge is 2.19. The third kappa shape index (κ3) is 2.42. The first kappa shape index (κ1) is 14.8. The molecule has 122 valence electrons. The summed E-state index contributed by atoms with van der Waals surface area (Å²) in [6.07, 6.45) is 6.21. The van der Waals surface area contributed by atoms with Crippen LogP contribution in [0.1, 0.15) is 23.8 Å². The van der Waals surface area contributed by atoms with Gasteiger partial charge in [0.25, 0.3) is 0 Å². The second kappa shape index (κ2) is 6.00. The van der Waals surface area contributed by atoms with Crippen LogP contribution >= 0.6 is 0 Å². The van der Waals surface area contributed by atoms with Gasteiger partial charge in [-0.25, -0.2) is 9.78 Å². The summed E-state index contributed by atoms with van der Waals surface area (Å²) in [5.41, 5.74) is 2.55. The second-order valence-electron chi connectivity index (χ2n) is 5.92. The van der Waals surface area contributed by atoms with Crippen molar-refractivity contribution in [1.82, 2.24) is 14.9 Å². The van der Waals surface area contributed by atoms with Crippen molar-refractivity contribution in [2.24, 2.45) is 0 Å². The summed E-state index contributed by atoms with van der Waals surface area (Å²) >= 11 is 0. The number of aryl methyl sites for hydroxylation is 1. The maximum absolute atomic E-state index is 12.4. The summed E-state index contributed by atoms with van der Waals surface area (Å²) in [5, 5.41) is 5.25. The minimum absolute atomic E-state index is 0.142. The van der Waals surface area contributed by atoms with E-state index in [1.54, 1.807) is 6.20 Å². The molecule has 1 unspecified atom stereocenters. The van der Waals surface area contributed by atoms with Gasteiger partial charge in [-0.2, -0.15) is 0 Å². The number of para-hydroxylation sites is 1. The molecule has 5 heteroatoms. The molecule has 0 amide bonds. The number of benzene rings is 1. The van der Waals surface area contributed by atoms with E-state index in [1.165, 1.54) is 0 Å². The van der Waals surface area contributed by atoms with Crippen molar-refractivity contribution < 1.29 is 9.53 Å². The van der Waals surface area contributed by atoms with Crippen LogP contribution in [-0.4, -0.2) is 28.2 Å². The van der Waals surface area contributed by atoms with Gasteiger partial charge in [-0.15, -0.1) is 0 Å². The van der Waals surface area contributed by atoms with Crippen LogP contribution in [-0.2, 0) is 11.3 Å². The molecule has 1 aromatic carbocycles. The Morgan fingerprint density at radius 1 is 1.33 bits per heavy atom. The van der Waals surface area contributed by atoms with Gasteiger partial charge in [0.05, 0.1) is 18.3 Å². The van der Waals surface area contributed by atoms with Crippen LogP contribution in [0, 0.1) is 0 Å².